The molecule has 0 radical (unpaired) electrons. The zero-order valence-electron chi connectivity index (χ0n) is 16.5. The number of hydrogen-bond acceptors (Lipinski definition) is 5. The van der Waals surface area contributed by atoms with E-state index < -0.39 is 0 Å². The van der Waals surface area contributed by atoms with Crippen LogP contribution in [0, 0.1) is 0 Å². The van der Waals surface area contributed by atoms with Crippen LogP contribution in [0.25, 0.3) is 33.5 Å². The van der Waals surface area contributed by atoms with Gasteiger partial charge in [-0.15, -0.1) is 0 Å². The Morgan fingerprint density at radius 1 is 0.969 bits per heavy atom. The molecular weight excluding hydrogens is 444 g/mol. The Balaban J connectivity index is 1.34. The third-order valence-corrected chi connectivity index (χ3v) is 5.40. The minimum atomic E-state index is -0.314. The lowest BCUT2D eigenvalue weighted by Gasteiger charge is -2.12. The Morgan fingerprint density at radius 2 is 1.81 bits per heavy atom. The van der Waals surface area contributed by atoms with E-state index in [0.717, 1.165) is 10.8 Å². The second-order valence-electron chi connectivity index (χ2n) is 7.01. The van der Waals surface area contributed by atoms with Gasteiger partial charge >= 0.3 is 0 Å². The maximum atomic E-state index is 12.7. The quantitative estimate of drug-likeness (QED) is 0.331. The summed E-state index contributed by atoms with van der Waals surface area (Å²) in [5.41, 5.74) is 2.82. The number of benzene rings is 3. The number of pyridine rings is 1. The fourth-order valence-corrected chi connectivity index (χ4v) is 3.67. The molecule has 0 saturated carbocycles. The topological polar surface area (TPSA) is 80.0 Å². The first-order chi connectivity index (χ1) is 15.6. The van der Waals surface area contributed by atoms with Crippen LogP contribution in [0.15, 0.2) is 83.4 Å². The van der Waals surface area contributed by atoms with Crippen molar-refractivity contribution in [3.63, 3.8) is 0 Å². The van der Waals surface area contributed by atoms with Crippen molar-refractivity contribution in [1.29, 1.82) is 0 Å². The third kappa shape index (κ3) is 4.03. The molecular formula is C24H15ClN4O2S. The zero-order valence-corrected chi connectivity index (χ0v) is 18.1. The SMILES string of the molecule is O=C(NC(=S)Nc1cc(-c2nc3ncccc3o2)ccc1Cl)c1ccc2ccccc2c1. The molecule has 0 spiro atoms. The van der Waals surface area contributed by atoms with Gasteiger partial charge in [0.15, 0.2) is 16.3 Å². The van der Waals surface area contributed by atoms with E-state index in [4.69, 9.17) is 28.2 Å². The minimum Gasteiger partial charge on any atom is -0.434 e. The number of aromatic nitrogens is 2. The van der Waals surface area contributed by atoms with Crippen molar-refractivity contribution < 1.29 is 9.21 Å². The van der Waals surface area contributed by atoms with E-state index in [1.54, 1.807) is 42.6 Å². The number of fused-ring (bicyclic) bond motifs is 2. The molecule has 0 saturated heterocycles. The highest BCUT2D eigenvalue weighted by molar-refractivity contribution is 7.80. The first-order valence-corrected chi connectivity index (χ1v) is 10.5. The molecule has 32 heavy (non-hydrogen) atoms. The van der Waals surface area contributed by atoms with Crippen LogP contribution in [0.4, 0.5) is 5.69 Å². The van der Waals surface area contributed by atoms with E-state index in [1.165, 1.54) is 0 Å². The molecule has 0 atom stereocenters. The van der Waals surface area contributed by atoms with Gasteiger partial charge in [-0.1, -0.05) is 41.9 Å². The molecule has 0 bridgehead atoms. The molecule has 5 rings (SSSR count). The molecule has 0 aliphatic heterocycles. The molecule has 2 N–H and O–H groups in total. The number of nitrogens with one attached hydrogen (secondary N) is 2. The number of amides is 1. The van der Waals surface area contributed by atoms with E-state index in [1.807, 2.05) is 36.4 Å². The van der Waals surface area contributed by atoms with Crippen LogP contribution in [-0.4, -0.2) is 21.0 Å². The van der Waals surface area contributed by atoms with Gasteiger partial charge in [0, 0.05) is 17.3 Å². The van der Waals surface area contributed by atoms with E-state index in [2.05, 4.69) is 20.6 Å². The predicted molar refractivity (Wildman–Crippen MR) is 130 cm³/mol. The van der Waals surface area contributed by atoms with Gasteiger partial charge in [-0.05, 0) is 65.5 Å². The highest BCUT2D eigenvalue weighted by Gasteiger charge is 2.13. The van der Waals surface area contributed by atoms with Crippen molar-refractivity contribution in [2.45, 2.75) is 0 Å². The molecule has 156 valence electrons. The van der Waals surface area contributed by atoms with Gasteiger partial charge in [0.05, 0.1) is 10.7 Å². The van der Waals surface area contributed by atoms with Gasteiger partial charge in [-0.2, -0.15) is 4.98 Å². The summed E-state index contributed by atoms with van der Waals surface area (Å²) in [6, 6.07) is 22.1. The lowest BCUT2D eigenvalue weighted by atomic mass is 10.1. The normalized spacial score (nSPS) is 10.9. The van der Waals surface area contributed by atoms with Gasteiger partial charge in [0.1, 0.15) is 0 Å². The van der Waals surface area contributed by atoms with Crippen molar-refractivity contribution in [3.8, 4) is 11.5 Å². The van der Waals surface area contributed by atoms with Crippen LogP contribution in [0.5, 0.6) is 0 Å². The third-order valence-electron chi connectivity index (χ3n) is 4.87. The average Bonchev–Trinajstić information content (AvgIpc) is 3.24. The number of thiocarbonyl (C=S) groups is 1. The van der Waals surface area contributed by atoms with E-state index >= 15 is 0 Å². The first kappa shape index (κ1) is 20.1. The molecule has 5 aromatic rings. The van der Waals surface area contributed by atoms with Crippen LogP contribution < -0.4 is 10.6 Å². The minimum absolute atomic E-state index is 0.126. The largest absolute Gasteiger partial charge is 0.434 e. The summed E-state index contributed by atoms with van der Waals surface area (Å²) >= 11 is 11.7. The monoisotopic (exact) mass is 458 g/mol. The number of oxazole rings is 1. The van der Waals surface area contributed by atoms with Crippen LogP contribution >= 0.6 is 23.8 Å². The Bertz CT molecular complexity index is 1470. The number of halogens is 1. The Labute approximate surface area is 193 Å². The van der Waals surface area contributed by atoms with Crippen LogP contribution in [0.3, 0.4) is 0 Å². The van der Waals surface area contributed by atoms with Crippen molar-refractivity contribution >= 4 is 62.5 Å². The van der Waals surface area contributed by atoms with Crippen LogP contribution in [0.2, 0.25) is 5.02 Å². The van der Waals surface area contributed by atoms with Crippen molar-refractivity contribution in [2.75, 3.05) is 5.32 Å². The second-order valence-corrected chi connectivity index (χ2v) is 7.82. The fourth-order valence-electron chi connectivity index (χ4n) is 3.31. The summed E-state index contributed by atoms with van der Waals surface area (Å²) < 4.78 is 5.76. The van der Waals surface area contributed by atoms with E-state index in [0.29, 0.717) is 39.0 Å². The highest BCUT2D eigenvalue weighted by Crippen LogP contribution is 2.30. The summed E-state index contributed by atoms with van der Waals surface area (Å²) in [6.07, 6.45) is 1.65. The lowest BCUT2D eigenvalue weighted by Crippen LogP contribution is -2.34. The molecule has 6 nitrogen and oxygen atoms in total. The van der Waals surface area contributed by atoms with Gasteiger partial charge in [0.2, 0.25) is 5.89 Å². The molecule has 0 unspecified atom stereocenters. The molecule has 2 heterocycles. The van der Waals surface area contributed by atoms with Crippen LogP contribution in [0.1, 0.15) is 10.4 Å². The van der Waals surface area contributed by atoms with E-state index in [9.17, 15) is 4.79 Å². The predicted octanol–water partition coefficient (Wildman–Crippen LogP) is 5.82. The van der Waals surface area contributed by atoms with Crippen LogP contribution in [-0.2, 0) is 0 Å². The van der Waals surface area contributed by atoms with Gasteiger partial charge in [0.25, 0.3) is 5.91 Å². The summed E-state index contributed by atoms with van der Waals surface area (Å²) in [5, 5.41) is 8.26. The van der Waals surface area contributed by atoms with Gasteiger partial charge < -0.3 is 9.73 Å². The number of carbonyl (C=O) groups is 1. The number of hydrogen-bond donors (Lipinski definition) is 2. The van der Waals surface area contributed by atoms with Crippen molar-refractivity contribution in [2.24, 2.45) is 0 Å². The molecule has 1 amide bonds. The Hall–Kier alpha value is -3.81. The number of carbonyl (C=O) groups excluding carboxylic acids is 1. The Kier molecular flexibility index (Phi) is 5.26. The maximum Gasteiger partial charge on any atom is 0.257 e. The van der Waals surface area contributed by atoms with Crippen molar-refractivity contribution in [1.82, 2.24) is 15.3 Å². The highest BCUT2D eigenvalue weighted by atomic mass is 35.5. The molecule has 0 aliphatic rings. The smallest absolute Gasteiger partial charge is 0.257 e. The first-order valence-electron chi connectivity index (χ1n) is 9.69. The summed E-state index contributed by atoms with van der Waals surface area (Å²) in [6.45, 7) is 0. The molecule has 0 aliphatic carbocycles. The van der Waals surface area contributed by atoms with Gasteiger partial charge in [-0.3, -0.25) is 10.1 Å². The lowest BCUT2D eigenvalue weighted by molar-refractivity contribution is 0.0978. The molecule has 0 fully saturated rings. The van der Waals surface area contributed by atoms with Crippen molar-refractivity contribution in [3.05, 3.63) is 89.6 Å². The molecule has 2 aromatic heterocycles. The van der Waals surface area contributed by atoms with E-state index in [-0.39, 0.29) is 11.0 Å². The number of anilines is 1. The summed E-state index contributed by atoms with van der Waals surface area (Å²) in [5.74, 6) is 0.0927. The number of rotatable bonds is 3. The zero-order chi connectivity index (χ0) is 22.1. The fraction of sp³-hybridized carbons (Fsp3) is 0. The maximum absolute atomic E-state index is 12.7. The molecule has 8 heteroatoms. The standard InChI is InChI=1S/C24H15ClN4O2S/c25-18-10-9-17(23-28-21-20(31-23)6-3-11-26-21)13-19(18)27-24(32)29-22(30)16-8-7-14-4-1-2-5-15(14)12-16/h1-13H,(H2,27,29,30,32). The Morgan fingerprint density at radius 3 is 2.66 bits per heavy atom. The second kappa shape index (κ2) is 8.37. The summed E-state index contributed by atoms with van der Waals surface area (Å²) in [7, 11) is 0. The van der Waals surface area contributed by atoms with Gasteiger partial charge in [-0.25, -0.2) is 4.98 Å². The summed E-state index contributed by atoms with van der Waals surface area (Å²) in [4.78, 5) is 21.2. The average molecular weight is 459 g/mol. The number of nitrogens with zero attached hydrogens (tertiary/aromatic N) is 2. The molecule has 3 aromatic carbocycles.